The zero-order valence-electron chi connectivity index (χ0n) is 14.3. The van der Waals surface area contributed by atoms with Gasteiger partial charge in [-0.15, -0.1) is 0 Å². The van der Waals surface area contributed by atoms with Crippen LogP contribution < -0.4 is 0 Å². The van der Waals surface area contributed by atoms with Gasteiger partial charge in [0.1, 0.15) is 12.4 Å². The minimum atomic E-state index is -0.0403. The van der Waals surface area contributed by atoms with E-state index in [1.807, 2.05) is 24.3 Å². The Balaban J connectivity index is 2.00. The Labute approximate surface area is 143 Å². The molecule has 0 amide bonds. The second-order valence-electron chi connectivity index (χ2n) is 6.41. The molecule has 124 valence electrons. The second-order valence-corrected chi connectivity index (χ2v) is 6.41. The summed E-state index contributed by atoms with van der Waals surface area (Å²) >= 11 is 0. The highest BCUT2D eigenvalue weighted by Gasteiger charge is 2.19. The third kappa shape index (κ3) is 3.57. The van der Waals surface area contributed by atoms with Gasteiger partial charge < -0.3 is 9.67 Å². The summed E-state index contributed by atoms with van der Waals surface area (Å²) in [6.45, 7) is 5.08. The first-order chi connectivity index (χ1) is 11.7. The summed E-state index contributed by atoms with van der Waals surface area (Å²) in [4.78, 5) is 4.75. The number of imidazole rings is 1. The molecule has 0 aliphatic heterocycles. The van der Waals surface area contributed by atoms with Gasteiger partial charge in [0, 0.05) is 18.7 Å². The molecule has 1 N–H and O–H groups in total. The van der Waals surface area contributed by atoms with Gasteiger partial charge in [-0.05, 0) is 17.0 Å². The minimum absolute atomic E-state index is 0.0403. The lowest BCUT2D eigenvalue weighted by Gasteiger charge is -2.15. The Hall–Kier alpha value is -2.39. The lowest BCUT2D eigenvalue weighted by atomic mass is 10.0. The normalized spacial score (nSPS) is 11.2. The van der Waals surface area contributed by atoms with E-state index in [0.29, 0.717) is 5.92 Å². The van der Waals surface area contributed by atoms with Crippen LogP contribution in [0.1, 0.15) is 48.1 Å². The van der Waals surface area contributed by atoms with E-state index in [4.69, 9.17) is 4.98 Å². The number of benzene rings is 2. The Morgan fingerprint density at radius 1 is 0.917 bits per heavy atom. The molecular weight excluding hydrogens is 296 g/mol. The fourth-order valence-corrected chi connectivity index (χ4v) is 3.20. The van der Waals surface area contributed by atoms with E-state index in [1.54, 1.807) is 0 Å². The molecule has 24 heavy (non-hydrogen) atoms. The molecule has 0 fully saturated rings. The molecule has 3 nitrogen and oxygen atoms in total. The van der Waals surface area contributed by atoms with Crippen molar-refractivity contribution in [3.05, 3.63) is 89.0 Å². The van der Waals surface area contributed by atoms with Gasteiger partial charge in [0.05, 0.1) is 5.69 Å². The van der Waals surface area contributed by atoms with Crippen LogP contribution in [0.3, 0.4) is 0 Å². The molecule has 0 saturated heterocycles. The van der Waals surface area contributed by atoms with Crippen molar-refractivity contribution in [2.75, 3.05) is 0 Å². The molecule has 3 heteroatoms. The maximum absolute atomic E-state index is 9.80. The summed E-state index contributed by atoms with van der Waals surface area (Å²) in [5, 5.41) is 9.80. The number of aliphatic hydroxyl groups excluding tert-OH is 1. The van der Waals surface area contributed by atoms with E-state index in [0.717, 1.165) is 24.5 Å². The third-order valence-corrected chi connectivity index (χ3v) is 4.25. The summed E-state index contributed by atoms with van der Waals surface area (Å²) in [6.07, 6.45) is 0.795. The number of aromatic nitrogens is 2. The predicted octanol–water partition coefficient (Wildman–Crippen LogP) is 4.14. The fourth-order valence-electron chi connectivity index (χ4n) is 3.20. The minimum Gasteiger partial charge on any atom is -0.388 e. The van der Waals surface area contributed by atoms with E-state index in [-0.39, 0.29) is 6.61 Å². The number of hydrogen-bond acceptors (Lipinski definition) is 2. The molecule has 0 aliphatic rings. The Morgan fingerprint density at radius 2 is 1.50 bits per heavy atom. The van der Waals surface area contributed by atoms with Gasteiger partial charge in [0.25, 0.3) is 0 Å². The number of rotatable bonds is 6. The van der Waals surface area contributed by atoms with Crippen molar-refractivity contribution in [2.24, 2.45) is 0 Å². The van der Waals surface area contributed by atoms with Gasteiger partial charge in [-0.2, -0.15) is 0 Å². The summed E-state index contributed by atoms with van der Waals surface area (Å²) in [6, 6.07) is 20.7. The van der Waals surface area contributed by atoms with Crippen LogP contribution in [0.15, 0.2) is 60.7 Å². The van der Waals surface area contributed by atoms with Crippen molar-refractivity contribution in [1.82, 2.24) is 9.55 Å². The summed E-state index contributed by atoms with van der Waals surface area (Å²) in [7, 11) is 0. The van der Waals surface area contributed by atoms with Crippen LogP contribution in [0.25, 0.3) is 0 Å². The standard InChI is InChI=1S/C21H24N2O/c1-16(2)21-19(13-17-9-5-3-6-10-17)22-20(15-24)23(21)14-18-11-7-4-8-12-18/h3-12,16,24H,13-15H2,1-2H3. The first kappa shape index (κ1) is 16.5. The molecule has 0 unspecified atom stereocenters. The molecule has 0 saturated carbocycles. The van der Waals surface area contributed by atoms with Crippen molar-refractivity contribution >= 4 is 0 Å². The smallest absolute Gasteiger partial charge is 0.135 e. The fraction of sp³-hybridized carbons (Fsp3) is 0.286. The van der Waals surface area contributed by atoms with Crippen molar-refractivity contribution < 1.29 is 5.11 Å². The monoisotopic (exact) mass is 320 g/mol. The topological polar surface area (TPSA) is 38.1 Å². The molecule has 0 aliphatic carbocycles. The van der Waals surface area contributed by atoms with Crippen LogP contribution in [-0.2, 0) is 19.6 Å². The zero-order chi connectivity index (χ0) is 16.9. The van der Waals surface area contributed by atoms with Crippen LogP contribution in [0.5, 0.6) is 0 Å². The Kier molecular flexibility index (Phi) is 5.11. The third-order valence-electron chi connectivity index (χ3n) is 4.25. The second kappa shape index (κ2) is 7.45. The largest absolute Gasteiger partial charge is 0.388 e. The molecule has 3 rings (SSSR count). The number of nitrogens with zero attached hydrogens (tertiary/aromatic N) is 2. The maximum atomic E-state index is 9.80. The van der Waals surface area contributed by atoms with Gasteiger partial charge in [-0.3, -0.25) is 0 Å². The molecular formula is C21H24N2O. The Morgan fingerprint density at radius 3 is 2.04 bits per heavy atom. The average Bonchev–Trinajstić information content (AvgIpc) is 2.94. The van der Waals surface area contributed by atoms with Gasteiger partial charge in [-0.25, -0.2) is 4.98 Å². The first-order valence-electron chi connectivity index (χ1n) is 8.46. The van der Waals surface area contributed by atoms with Crippen molar-refractivity contribution in [3.63, 3.8) is 0 Å². The lowest BCUT2D eigenvalue weighted by Crippen LogP contribution is -2.10. The van der Waals surface area contributed by atoms with E-state index < -0.39 is 0 Å². The molecule has 0 radical (unpaired) electrons. The lowest BCUT2D eigenvalue weighted by molar-refractivity contribution is 0.265. The van der Waals surface area contributed by atoms with Crippen molar-refractivity contribution in [1.29, 1.82) is 0 Å². The summed E-state index contributed by atoms with van der Waals surface area (Å²) in [5.74, 6) is 1.09. The Bertz CT molecular complexity index is 776. The average molecular weight is 320 g/mol. The highest BCUT2D eigenvalue weighted by atomic mass is 16.3. The van der Waals surface area contributed by atoms with Crippen LogP contribution in [-0.4, -0.2) is 14.7 Å². The van der Waals surface area contributed by atoms with Crippen LogP contribution in [0.4, 0.5) is 0 Å². The van der Waals surface area contributed by atoms with Gasteiger partial charge >= 0.3 is 0 Å². The van der Waals surface area contributed by atoms with Crippen LogP contribution in [0.2, 0.25) is 0 Å². The highest BCUT2D eigenvalue weighted by molar-refractivity contribution is 5.29. The van der Waals surface area contributed by atoms with Gasteiger partial charge in [0.2, 0.25) is 0 Å². The van der Waals surface area contributed by atoms with Gasteiger partial charge in [0.15, 0.2) is 0 Å². The maximum Gasteiger partial charge on any atom is 0.135 e. The SMILES string of the molecule is CC(C)c1c(Cc2ccccc2)nc(CO)n1Cc1ccccc1. The van der Waals surface area contributed by atoms with E-state index in [2.05, 4.69) is 54.8 Å². The summed E-state index contributed by atoms with van der Waals surface area (Å²) in [5.41, 5.74) is 4.74. The quantitative estimate of drug-likeness (QED) is 0.741. The molecule has 2 aromatic carbocycles. The van der Waals surface area contributed by atoms with Crippen molar-refractivity contribution in [3.8, 4) is 0 Å². The van der Waals surface area contributed by atoms with E-state index in [1.165, 1.54) is 16.8 Å². The number of aliphatic hydroxyl groups is 1. The van der Waals surface area contributed by atoms with Gasteiger partial charge in [-0.1, -0.05) is 74.5 Å². The molecule has 0 bridgehead atoms. The summed E-state index contributed by atoms with van der Waals surface area (Å²) < 4.78 is 2.18. The van der Waals surface area contributed by atoms with Crippen LogP contribution >= 0.6 is 0 Å². The van der Waals surface area contributed by atoms with Crippen LogP contribution in [0, 0.1) is 0 Å². The molecule has 1 heterocycles. The van der Waals surface area contributed by atoms with E-state index in [9.17, 15) is 5.11 Å². The molecule has 0 spiro atoms. The molecule has 1 aromatic heterocycles. The highest BCUT2D eigenvalue weighted by Crippen LogP contribution is 2.25. The first-order valence-corrected chi connectivity index (χ1v) is 8.46. The van der Waals surface area contributed by atoms with E-state index >= 15 is 0 Å². The zero-order valence-corrected chi connectivity index (χ0v) is 14.3. The molecule has 3 aromatic rings. The predicted molar refractivity (Wildman–Crippen MR) is 97.0 cm³/mol. The number of hydrogen-bond donors (Lipinski definition) is 1. The molecule has 0 atom stereocenters. The van der Waals surface area contributed by atoms with Crippen molar-refractivity contribution in [2.45, 2.75) is 39.3 Å².